The number of H-pyrrole nitrogens is 1. The zero-order valence-electron chi connectivity index (χ0n) is 16.5. The van der Waals surface area contributed by atoms with E-state index in [1.54, 1.807) is 18.2 Å². The number of imidazole rings is 1. The SMILES string of the molecule is CCC(C)C(NC(=O)CCNc1ccccc1[N+](=O)[O-])c1nc2ccccc2[nH]1. The minimum atomic E-state index is -0.442. The maximum Gasteiger partial charge on any atom is 0.292 e. The second-order valence-electron chi connectivity index (χ2n) is 7.02. The minimum absolute atomic E-state index is 0.00679. The average Bonchev–Trinajstić information content (AvgIpc) is 3.15. The van der Waals surface area contributed by atoms with Crippen LogP contribution in [0.15, 0.2) is 48.5 Å². The van der Waals surface area contributed by atoms with Gasteiger partial charge in [0.25, 0.3) is 5.69 Å². The highest BCUT2D eigenvalue weighted by molar-refractivity contribution is 5.78. The molecule has 1 heterocycles. The molecule has 29 heavy (non-hydrogen) atoms. The molecule has 8 nitrogen and oxygen atoms in total. The summed E-state index contributed by atoms with van der Waals surface area (Å²) in [5.41, 5.74) is 2.19. The smallest absolute Gasteiger partial charge is 0.292 e. The van der Waals surface area contributed by atoms with Crippen LogP contribution in [0.4, 0.5) is 11.4 Å². The number of hydrogen-bond acceptors (Lipinski definition) is 5. The Morgan fingerprint density at radius 2 is 1.93 bits per heavy atom. The van der Waals surface area contributed by atoms with Crippen molar-refractivity contribution < 1.29 is 9.72 Å². The number of benzene rings is 2. The van der Waals surface area contributed by atoms with Crippen molar-refractivity contribution in [2.75, 3.05) is 11.9 Å². The predicted octanol–water partition coefficient (Wildman–Crippen LogP) is 4.18. The first-order chi connectivity index (χ1) is 14.0. The van der Waals surface area contributed by atoms with Crippen LogP contribution in [0.2, 0.25) is 0 Å². The molecule has 152 valence electrons. The van der Waals surface area contributed by atoms with E-state index < -0.39 is 4.92 Å². The van der Waals surface area contributed by atoms with E-state index in [2.05, 4.69) is 34.4 Å². The fraction of sp³-hybridized carbons (Fsp3) is 0.333. The Morgan fingerprint density at radius 1 is 1.21 bits per heavy atom. The van der Waals surface area contributed by atoms with Crippen LogP contribution in [0, 0.1) is 16.0 Å². The molecule has 0 spiro atoms. The maximum absolute atomic E-state index is 12.5. The van der Waals surface area contributed by atoms with E-state index in [4.69, 9.17) is 0 Å². The van der Waals surface area contributed by atoms with E-state index >= 15 is 0 Å². The first-order valence-electron chi connectivity index (χ1n) is 9.71. The van der Waals surface area contributed by atoms with Crippen molar-refractivity contribution in [2.24, 2.45) is 5.92 Å². The number of nitro groups is 1. The Kier molecular flexibility index (Phi) is 6.43. The van der Waals surface area contributed by atoms with E-state index in [0.717, 1.165) is 23.3 Å². The largest absolute Gasteiger partial charge is 0.379 e. The Hall–Kier alpha value is -3.42. The van der Waals surface area contributed by atoms with E-state index in [1.807, 2.05) is 24.3 Å². The van der Waals surface area contributed by atoms with Gasteiger partial charge in [0.1, 0.15) is 11.5 Å². The third-order valence-corrected chi connectivity index (χ3v) is 5.00. The molecular formula is C21H25N5O3. The van der Waals surface area contributed by atoms with Gasteiger partial charge in [0.15, 0.2) is 0 Å². The summed E-state index contributed by atoms with van der Waals surface area (Å²) < 4.78 is 0. The molecule has 1 amide bonds. The monoisotopic (exact) mass is 395 g/mol. The van der Waals surface area contributed by atoms with Crippen molar-refractivity contribution in [3.63, 3.8) is 0 Å². The topological polar surface area (TPSA) is 113 Å². The molecule has 0 aliphatic carbocycles. The second kappa shape index (κ2) is 9.18. The Bertz CT molecular complexity index is 968. The zero-order chi connectivity index (χ0) is 20.8. The molecule has 2 atom stereocenters. The van der Waals surface area contributed by atoms with Gasteiger partial charge in [-0.15, -0.1) is 0 Å². The van der Waals surface area contributed by atoms with Crippen LogP contribution in [0.25, 0.3) is 11.0 Å². The second-order valence-corrected chi connectivity index (χ2v) is 7.02. The van der Waals surface area contributed by atoms with Crippen molar-refractivity contribution in [3.05, 3.63) is 64.5 Å². The van der Waals surface area contributed by atoms with Gasteiger partial charge < -0.3 is 15.6 Å². The number of anilines is 1. The summed E-state index contributed by atoms with van der Waals surface area (Å²) in [6.45, 7) is 4.44. The number of hydrogen-bond donors (Lipinski definition) is 3. The Balaban J connectivity index is 1.64. The summed E-state index contributed by atoms with van der Waals surface area (Å²) in [4.78, 5) is 31.1. The third-order valence-electron chi connectivity index (χ3n) is 5.00. The molecule has 1 aromatic heterocycles. The standard InChI is InChI=1S/C21H25N5O3/c1-3-14(2)20(21-23-15-8-4-5-9-16(15)24-21)25-19(27)12-13-22-17-10-6-7-11-18(17)26(28)29/h4-11,14,20,22H,3,12-13H2,1-2H3,(H,23,24)(H,25,27). The molecule has 0 radical (unpaired) electrons. The van der Waals surface area contributed by atoms with Gasteiger partial charge in [-0.2, -0.15) is 0 Å². The number of nitrogens with zero attached hydrogens (tertiary/aromatic N) is 2. The number of carbonyl (C=O) groups is 1. The van der Waals surface area contributed by atoms with Crippen LogP contribution in [0.1, 0.15) is 38.6 Å². The highest BCUT2D eigenvalue weighted by Crippen LogP contribution is 2.25. The fourth-order valence-electron chi connectivity index (χ4n) is 3.17. The average molecular weight is 395 g/mol. The Morgan fingerprint density at radius 3 is 2.66 bits per heavy atom. The molecule has 2 unspecified atom stereocenters. The molecule has 0 saturated heterocycles. The summed E-state index contributed by atoms with van der Waals surface area (Å²) in [7, 11) is 0. The van der Waals surface area contributed by atoms with E-state index in [-0.39, 0.29) is 30.0 Å². The van der Waals surface area contributed by atoms with Gasteiger partial charge in [-0.05, 0) is 24.1 Å². The fourth-order valence-corrected chi connectivity index (χ4v) is 3.17. The molecule has 3 aromatic rings. The lowest BCUT2D eigenvalue weighted by molar-refractivity contribution is -0.384. The summed E-state index contributed by atoms with van der Waals surface area (Å²) in [6, 6.07) is 13.9. The predicted molar refractivity (Wildman–Crippen MR) is 113 cm³/mol. The van der Waals surface area contributed by atoms with Crippen LogP contribution in [0.3, 0.4) is 0 Å². The number of fused-ring (bicyclic) bond motifs is 1. The van der Waals surface area contributed by atoms with Crippen LogP contribution in [-0.2, 0) is 4.79 Å². The van der Waals surface area contributed by atoms with Crippen molar-refractivity contribution in [1.82, 2.24) is 15.3 Å². The van der Waals surface area contributed by atoms with E-state index in [0.29, 0.717) is 12.2 Å². The minimum Gasteiger partial charge on any atom is -0.379 e. The number of nitro benzene ring substituents is 1. The van der Waals surface area contributed by atoms with Crippen LogP contribution >= 0.6 is 0 Å². The molecule has 8 heteroatoms. The number of carbonyl (C=O) groups excluding carboxylic acids is 1. The lowest BCUT2D eigenvalue weighted by Gasteiger charge is -2.22. The normalized spacial score (nSPS) is 13.0. The van der Waals surface area contributed by atoms with Gasteiger partial charge in [0.05, 0.1) is 22.0 Å². The number of rotatable bonds is 9. The van der Waals surface area contributed by atoms with Gasteiger partial charge in [0.2, 0.25) is 5.91 Å². The molecule has 0 aliphatic rings. The highest BCUT2D eigenvalue weighted by atomic mass is 16.6. The lowest BCUT2D eigenvalue weighted by atomic mass is 9.98. The molecule has 0 saturated carbocycles. The molecule has 3 N–H and O–H groups in total. The van der Waals surface area contributed by atoms with Gasteiger partial charge in [-0.1, -0.05) is 44.5 Å². The van der Waals surface area contributed by atoms with Crippen molar-refractivity contribution in [1.29, 1.82) is 0 Å². The number of aromatic nitrogens is 2. The summed E-state index contributed by atoms with van der Waals surface area (Å²) in [5, 5.41) is 17.1. The van der Waals surface area contributed by atoms with Crippen molar-refractivity contribution >= 4 is 28.3 Å². The molecule has 0 aliphatic heterocycles. The number of para-hydroxylation sites is 4. The van der Waals surface area contributed by atoms with Gasteiger partial charge in [0, 0.05) is 19.0 Å². The van der Waals surface area contributed by atoms with E-state index in [9.17, 15) is 14.9 Å². The zero-order valence-corrected chi connectivity index (χ0v) is 16.5. The first-order valence-corrected chi connectivity index (χ1v) is 9.71. The molecular weight excluding hydrogens is 370 g/mol. The van der Waals surface area contributed by atoms with Gasteiger partial charge in [-0.25, -0.2) is 4.98 Å². The molecule has 0 bridgehead atoms. The van der Waals surface area contributed by atoms with Crippen LogP contribution in [-0.4, -0.2) is 27.3 Å². The highest BCUT2D eigenvalue weighted by Gasteiger charge is 2.23. The van der Waals surface area contributed by atoms with Crippen molar-refractivity contribution in [2.45, 2.75) is 32.7 Å². The lowest BCUT2D eigenvalue weighted by Crippen LogP contribution is -2.34. The summed E-state index contributed by atoms with van der Waals surface area (Å²) >= 11 is 0. The van der Waals surface area contributed by atoms with Crippen molar-refractivity contribution in [3.8, 4) is 0 Å². The summed E-state index contributed by atoms with van der Waals surface area (Å²) in [5.74, 6) is 0.796. The van der Waals surface area contributed by atoms with Gasteiger partial charge >= 0.3 is 0 Å². The molecule has 2 aromatic carbocycles. The van der Waals surface area contributed by atoms with Gasteiger partial charge in [-0.3, -0.25) is 14.9 Å². The summed E-state index contributed by atoms with van der Waals surface area (Å²) in [6.07, 6.45) is 1.08. The number of amides is 1. The number of nitrogens with one attached hydrogen (secondary N) is 3. The maximum atomic E-state index is 12.5. The first kappa shape index (κ1) is 20.3. The Labute approximate surface area is 168 Å². The molecule has 0 fully saturated rings. The quantitative estimate of drug-likeness (QED) is 0.372. The van der Waals surface area contributed by atoms with Crippen LogP contribution in [0.5, 0.6) is 0 Å². The van der Waals surface area contributed by atoms with E-state index in [1.165, 1.54) is 6.07 Å². The van der Waals surface area contributed by atoms with Crippen LogP contribution < -0.4 is 10.6 Å². The molecule has 3 rings (SSSR count). The third kappa shape index (κ3) is 4.90. The number of aromatic amines is 1.